The highest BCUT2D eigenvalue weighted by Crippen LogP contribution is 2.12. The largest absolute Gasteiger partial charge is 0.379 e. The molecule has 1 fully saturated rings. The molecule has 1 saturated heterocycles. The Morgan fingerprint density at radius 2 is 2.08 bits per heavy atom. The lowest BCUT2D eigenvalue weighted by Gasteiger charge is -2.14. The van der Waals surface area contributed by atoms with Crippen LogP contribution in [0, 0.1) is 0 Å². The van der Waals surface area contributed by atoms with Gasteiger partial charge in [-0.15, -0.1) is 0 Å². The van der Waals surface area contributed by atoms with Crippen LogP contribution in [-0.2, 0) is 9.47 Å². The number of epoxide rings is 1. The Morgan fingerprint density at radius 1 is 1.42 bits per heavy atom. The van der Waals surface area contributed by atoms with Gasteiger partial charge in [0.1, 0.15) is 6.10 Å². The molecule has 3 heteroatoms. The Labute approximate surface area is 76.3 Å². The second-order valence-corrected chi connectivity index (χ2v) is 10.3. The summed E-state index contributed by atoms with van der Waals surface area (Å²) in [6.45, 7) is 9.84. The Balaban J connectivity index is 1.82. The van der Waals surface area contributed by atoms with Crippen molar-refractivity contribution >= 4 is 8.07 Å². The summed E-state index contributed by atoms with van der Waals surface area (Å²) in [5, 5.41) is 0. The fourth-order valence-electron chi connectivity index (χ4n) is 1.08. The molecule has 0 spiro atoms. The van der Waals surface area contributed by atoms with Crippen molar-refractivity contribution in [3.8, 4) is 0 Å². The zero-order valence-corrected chi connectivity index (χ0v) is 9.43. The predicted octanol–water partition coefficient (Wildman–Crippen LogP) is 2.13. The van der Waals surface area contributed by atoms with Crippen LogP contribution in [0.25, 0.3) is 0 Å². The topological polar surface area (TPSA) is 21.8 Å². The lowest BCUT2D eigenvalue weighted by Crippen LogP contribution is -2.19. The Kier molecular flexibility index (Phi) is 3.74. The standard InChI is InChI=1S/C9H20O2Si/c1-12(2,3)6-4-5-10-7-9-8-11-9/h9H,4-8H2,1-3H3. The second-order valence-electron chi connectivity index (χ2n) is 4.69. The van der Waals surface area contributed by atoms with Crippen molar-refractivity contribution in [3.05, 3.63) is 0 Å². The molecular formula is C9H20O2Si. The molecule has 0 aliphatic carbocycles. The Hall–Kier alpha value is 0.137. The van der Waals surface area contributed by atoms with Gasteiger partial charge in [0.15, 0.2) is 0 Å². The van der Waals surface area contributed by atoms with E-state index in [1.165, 1.54) is 12.5 Å². The van der Waals surface area contributed by atoms with E-state index in [2.05, 4.69) is 19.6 Å². The average Bonchev–Trinajstić information content (AvgIpc) is 2.68. The zero-order valence-electron chi connectivity index (χ0n) is 8.43. The van der Waals surface area contributed by atoms with Crippen molar-refractivity contribution in [1.82, 2.24) is 0 Å². The van der Waals surface area contributed by atoms with Crippen molar-refractivity contribution in [2.45, 2.75) is 38.2 Å². The molecule has 0 radical (unpaired) electrons. The van der Waals surface area contributed by atoms with Crippen molar-refractivity contribution < 1.29 is 9.47 Å². The van der Waals surface area contributed by atoms with Crippen LogP contribution in [0.2, 0.25) is 25.7 Å². The van der Waals surface area contributed by atoms with Crippen LogP contribution in [0.1, 0.15) is 6.42 Å². The third-order valence-electron chi connectivity index (χ3n) is 1.92. The molecule has 1 rings (SSSR count). The van der Waals surface area contributed by atoms with Gasteiger partial charge in [0.25, 0.3) is 0 Å². The molecule has 1 aliphatic heterocycles. The van der Waals surface area contributed by atoms with E-state index >= 15 is 0 Å². The quantitative estimate of drug-likeness (QED) is 0.362. The summed E-state index contributed by atoms with van der Waals surface area (Å²) in [7, 11) is -0.830. The van der Waals surface area contributed by atoms with Gasteiger partial charge in [-0.2, -0.15) is 0 Å². The summed E-state index contributed by atoms with van der Waals surface area (Å²) in [5.74, 6) is 0. The predicted molar refractivity (Wildman–Crippen MR) is 53.3 cm³/mol. The maximum absolute atomic E-state index is 5.45. The molecule has 1 unspecified atom stereocenters. The molecule has 0 amide bonds. The number of hydrogen-bond acceptors (Lipinski definition) is 2. The molecular weight excluding hydrogens is 168 g/mol. The summed E-state index contributed by atoms with van der Waals surface area (Å²) in [4.78, 5) is 0. The molecule has 0 aromatic rings. The van der Waals surface area contributed by atoms with Crippen molar-refractivity contribution in [2.24, 2.45) is 0 Å². The van der Waals surface area contributed by atoms with Crippen molar-refractivity contribution in [3.63, 3.8) is 0 Å². The molecule has 0 aromatic heterocycles. The third kappa shape index (κ3) is 5.74. The maximum atomic E-state index is 5.45. The molecule has 1 atom stereocenters. The summed E-state index contributed by atoms with van der Waals surface area (Å²) >= 11 is 0. The van der Waals surface area contributed by atoms with E-state index in [9.17, 15) is 0 Å². The minimum atomic E-state index is -0.830. The molecule has 0 bridgehead atoms. The van der Waals surface area contributed by atoms with Gasteiger partial charge in [-0.1, -0.05) is 25.7 Å². The first-order chi connectivity index (χ1) is 5.58. The number of rotatable bonds is 6. The van der Waals surface area contributed by atoms with Crippen LogP contribution < -0.4 is 0 Å². The Morgan fingerprint density at radius 3 is 2.58 bits per heavy atom. The maximum Gasteiger partial charge on any atom is 0.104 e. The monoisotopic (exact) mass is 188 g/mol. The van der Waals surface area contributed by atoms with Crippen LogP contribution in [0.15, 0.2) is 0 Å². The first kappa shape index (κ1) is 10.2. The smallest absolute Gasteiger partial charge is 0.104 e. The fraction of sp³-hybridized carbons (Fsp3) is 1.00. The molecule has 0 aromatic carbocycles. The SMILES string of the molecule is C[Si](C)(C)CCCOCC1CO1. The highest BCUT2D eigenvalue weighted by Gasteiger charge is 2.22. The van der Waals surface area contributed by atoms with Crippen molar-refractivity contribution in [1.29, 1.82) is 0 Å². The number of ether oxygens (including phenoxy) is 2. The molecule has 72 valence electrons. The van der Waals surface area contributed by atoms with Crippen LogP contribution in [0.3, 0.4) is 0 Å². The van der Waals surface area contributed by atoms with E-state index in [-0.39, 0.29) is 0 Å². The van der Waals surface area contributed by atoms with Crippen LogP contribution in [-0.4, -0.2) is 34.0 Å². The van der Waals surface area contributed by atoms with Gasteiger partial charge in [-0.3, -0.25) is 0 Å². The van der Waals surface area contributed by atoms with Crippen LogP contribution in [0.4, 0.5) is 0 Å². The van der Waals surface area contributed by atoms with E-state index < -0.39 is 8.07 Å². The summed E-state index contributed by atoms with van der Waals surface area (Å²) in [6, 6.07) is 1.37. The minimum absolute atomic E-state index is 0.428. The minimum Gasteiger partial charge on any atom is -0.379 e. The van der Waals surface area contributed by atoms with E-state index in [1.54, 1.807) is 0 Å². The van der Waals surface area contributed by atoms with Gasteiger partial charge in [0, 0.05) is 14.7 Å². The summed E-state index contributed by atoms with van der Waals surface area (Å²) in [6.07, 6.45) is 1.65. The van der Waals surface area contributed by atoms with E-state index in [1.807, 2.05) is 0 Å². The molecule has 2 nitrogen and oxygen atoms in total. The molecule has 1 heterocycles. The van der Waals surface area contributed by atoms with Gasteiger partial charge >= 0.3 is 0 Å². The molecule has 1 aliphatic rings. The van der Waals surface area contributed by atoms with Gasteiger partial charge in [-0.25, -0.2) is 0 Å². The second kappa shape index (κ2) is 4.39. The van der Waals surface area contributed by atoms with E-state index in [4.69, 9.17) is 9.47 Å². The molecule has 0 saturated carbocycles. The number of hydrogen-bond donors (Lipinski definition) is 0. The van der Waals surface area contributed by atoms with Gasteiger partial charge < -0.3 is 9.47 Å². The fourth-order valence-corrected chi connectivity index (χ4v) is 2.29. The molecule has 0 N–H and O–H groups in total. The van der Waals surface area contributed by atoms with Crippen LogP contribution >= 0.6 is 0 Å². The van der Waals surface area contributed by atoms with Gasteiger partial charge in [-0.05, 0) is 6.42 Å². The van der Waals surface area contributed by atoms with Crippen molar-refractivity contribution in [2.75, 3.05) is 19.8 Å². The Bertz CT molecular complexity index is 127. The zero-order chi connectivity index (χ0) is 9.03. The lowest BCUT2D eigenvalue weighted by molar-refractivity contribution is 0.117. The first-order valence-electron chi connectivity index (χ1n) is 4.77. The first-order valence-corrected chi connectivity index (χ1v) is 8.48. The summed E-state index contributed by atoms with van der Waals surface area (Å²) in [5.41, 5.74) is 0. The highest BCUT2D eigenvalue weighted by molar-refractivity contribution is 6.76. The van der Waals surface area contributed by atoms with Gasteiger partial charge in [0.05, 0.1) is 13.2 Å². The normalized spacial score (nSPS) is 22.8. The van der Waals surface area contributed by atoms with Gasteiger partial charge in [0.2, 0.25) is 0 Å². The molecule has 12 heavy (non-hydrogen) atoms. The van der Waals surface area contributed by atoms with Crippen LogP contribution in [0.5, 0.6) is 0 Å². The van der Waals surface area contributed by atoms with E-state index in [0.717, 1.165) is 19.8 Å². The highest BCUT2D eigenvalue weighted by atomic mass is 28.3. The summed E-state index contributed by atoms with van der Waals surface area (Å²) < 4.78 is 10.5. The average molecular weight is 188 g/mol. The lowest BCUT2D eigenvalue weighted by atomic mass is 10.5. The third-order valence-corrected chi connectivity index (χ3v) is 3.78. The van der Waals surface area contributed by atoms with E-state index in [0.29, 0.717) is 6.10 Å².